The summed E-state index contributed by atoms with van der Waals surface area (Å²) >= 11 is 0. The standard InChI is InChI=1S/C18H24N2O3/c1-13-7-6-8-15-18(13)14(12-20-15)11-16(21)19-10-5-3-2-4-9-17(22)23/h6-8,12,20H,2-5,9-11H2,1H3,(H,19,21)(H,22,23). The van der Waals surface area contributed by atoms with E-state index in [0.29, 0.717) is 19.4 Å². The maximum absolute atomic E-state index is 12.0. The van der Waals surface area contributed by atoms with Crippen molar-refractivity contribution in [2.45, 2.75) is 45.4 Å². The Kier molecular flexibility index (Phi) is 6.20. The molecule has 124 valence electrons. The van der Waals surface area contributed by atoms with Gasteiger partial charge in [-0.05, 0) is 37.0 Å². The molecule has 0 atom stereocenters. The number of amides is 1. The van der Waals surface area contributed by atoms with E-state index in [4.69, 9.17) is 5.11 Å². The van der Waals surface area contributed by atoms with Crippen molar-refractivity contribution in [3.63, 3.8) is 0 Å². The Morgan fingerprint density at radius 2 is 1.96 bits per heavy atom. The fraction of sp³-hybridized carbons (Fsp3) is 0.444. The van der Waals surface area contributed by atoms with Crippen LogP contribution in [0.3, 0.4) is 0 Å². The van der Waals surface area contributed by atoms with Crippen LogP contribution in [0.5, 0.6) is 0 Å². The molecule has 0 unspecified atom stereocenters. The zero-order valence-corrected chi connectivity index (χ0v) is 13.5. The van der Waals surface area contributed by atoms with E-state index < -0.39 is 5.97 Å². The molecule has 1 aromatic heterocycles. The van der Waals surface area contributed by atoms with E-state index in [1.807, 2.05) is 18.3 Å². The number of carboxylic acid groups (broad SMARTS) is 1. The highest BCUT2D eigenvalue weighted by Gasteiger charge is 2.10. The number of rotatable bonds is 9. The van der Waals surface area contributed by atoms with Gasteiger partial charge in [0.05, 0.1) is 6.42 Å². The van der Waals surface area contributed by atoms with Crippen LogP contribution in [-0.4, -0.2) is 28.5 Å². The fourth-order valence-corrected chi connectivity index (χ4v) is 2.81. The smallest absolute Gasteiger partial charge is 0.303 e. The number of carbonyl (C=O) groups is 2. The van der Waals surface area contributed by atoms with Crippen molar-refractivity contribution in [2.24, 2.45) is 0 Å². The van der Waals surface area contributed by atoms with E-state index in [1.165, 1.54) is 5.56 Å². The average molecular weight is 316 g/mol. The van der Waals surface area contributed by atoms with Gasteiger partial charge in [0.1, 0.15) is 0 Å². The molecule has 0 aliphatic rings. The first-order chi connectivity index (χ1) is 11.1. The molecule has 0 saturated heterocycles. The Balaban J connectivity index is 1.71. The minimum absolute atomic E-state index is 0.0275. The molecule has 5 heteroatoms. The summed E-state index contributed by atoms with van der Waals surface area (Å²) in [6.45, 7) is 2.70. The molecule has 3 N–H and O–H groups in total. The van der Waals surface area contributed by atoms with E-state index in [0.717, 1.165) is 35.7 Å². The lowest BCUT2D eigenvalue weighted by Gasteiger charge is -2.05. The van der Waals surface area contributed by atoms with E-state index in [2.05, 4.69) is 23.3 Å². The zero-order chi connectivity index (χ0) is 16.7. The second-order valence-electron chi connectivity index (χ2n) is 5.90. The number of H-pyrrole nitrogens is 1. The van der Waals surface area contributed by atoms with Crippen molar-refractivity contribution < 1.29 is 14.7 Å². The van der Waals surface area contributed by atoms with Gasteiger partial charge in [0.2, 0.25) is 5.91 Å². The van der Waals surface area contributed by atoms with Gasteiger partial charge in [-0.3, -0.25) is 9.59 Å². The monoisotopic (exact) mass is 316 g/mol. The molecule has 0 spiro atoms. The van der Waals surface area contributed by atoms with Crippen molar-refractivity contribution in [3.05, 3.63) is 35.5 Å². The Morgan fingerprint density at radius 3 is 2.74 bits per heavy atom. The summed E-state index contributed by atoms with van der Waals surface area (Å²) in [6, 6.07) is 6.07. The average Bonchev–Trinajstić information content (AvgIpc) is 2.90. The van der Waals surface area contributed by atoms with Crippen LogP contribution in [0.2, 0.25) is 0 Å². The molecule has 23 heavy (non-hydrogen) atoms. The molecule has 2 rings (SSSR count). The Morgan fingerprint density at radius 1 is 1.17 bits per heavy atom. The van der Waals surface area contributed by atoms with Crippen LogP contribution in [0, 0.1) is 6.92 Å². The number of carbonyl (C=O) groups excluding carboxylic acids is 1. The summed E-state index contributed by atoms with van der Waals surface area (Å²) in [5.41, 5.74) is 3.26. The molecular formula is C18H24N2O3. The number of nitrogens with one attached hydrogen (secondary N) is 2. The third-order valence-electron chi connectivity index (χ3n) is 3.99. The van der Waals surface area contributed by atoms with Gasteiger partial charge >= 0.3 is 5.97 Å². The number of aromatic amines is 1. The Bertz CT molecular complexity index is 676. The molecule has 0 aliphatic heterocycles. The number of fused-ring (bicyclic) bond motifs is 1. The van der Waals surface area contributed by atoms with Gasteiger partial charge in [-0.25, -0.2) is 0 Å². The van der Waals surface area contributed by atoms with Crippen LogP contribution in [-0.2, 0) is 16.0 Å². The van der Waals surface area contributed by atoms with Crippen molar-refractivity contribution in [3.8, 4) is 0 Å². The SMILES string of the molecule is Cc1cccc2[nH]cc(CC(=O)NCCCCCCC(=O)O)c12. The van der Waals surface area contributed by atoms with Gasteiger partial charge in [0.15, 0.2) is 0 Å². The molecule has 2 aromatic rings. The van der Waals surface area contributed by atoms with Crippen LogP contribution in [0.15, 0.2) is 24.4 Å². The van der Waals surface area contributed by atoms with Gasteiger partial charge < -0.3 is 15.4 Å². The number of unbranched alkanes of at least 4 members (excludes halogenated alkanes) is 3. The second kappa shape index (κ2) is 8.36. The summed E-state index contributed by atoms with van der Waals surface area (Å²) in [5, 5.41) is 12.6. The van der Waals surface area contributed by atoms with Crippen LogP contribution in [0.25, 0.3) is 10.9 Å². The normalized spacial score (nSPS) is 10.8. The highest BCUT2D eigenvalue weighted by atomic mass is 16.4. The van der Waals surface area contributed by atoms with E-state index in [-0.39, 0.29) is 12.3 Å². The summed E-state index contributed by atoms with van der Waals surface area (Å²) in [4.78, 5) is 25.6. The Labute approximate surface area is 136 Å². The van der Waals surface area contributed by atoms with E-state index in [1.54, 1.807) is 0 Å². The second-order valence-corrected chi connectivity index (χ2v) is 5.90. The first-order valence-electron chi connectivity index (χ1n) is 8.12. The fourth-order valence-electron chi connectivity index (χ4n) is 2.81. The molecule has 5 nitrogen and oxygen atoms in total. The molecule has 0 radical (unpaired) electrons. The summed E-state index contributed by atoms with van der Waals surface area (Å²) in [6.07, 6.45) is 5.94. The predicted molar refractivity (Wildman–Crippen MR) is 90.5 cm³/mol. The van der Waals surface area contributed by atoms with E-state index in [9.17, 15) is 9.59 Å². The minimum Gasteiger partial charge on any atom is -0.481 e. The van der Waals surface area contributed by atoms with Gasteiger partial charge in [0.25, 0.3) is 0 Å². The molecule has 0 aliphatic carbocycles. The maximum Gasteiger partial charge on any atom is 0.303 e. The first-order valence-corrected chi connectivity index (χ1v) is 8.12. The predicted octanol–water partition coefficient (Wildman–Crippen LogP) is 3.17. The molecule has 0 fully saturated rings. The number of hydrogen-bond donors (Lipinski definition) is 3. The quantitative estimate of drug-likeness (QED) is 0.621. The molecule has 1 heterocycles. The molecule has 0 saturated carbocycles. The third-order valence-corrected chi connectivity index (χ3v) is 3.99. The van der Waals surface area contributed by atoms with Gasteiger partial charge in [-0.1, -0.05) is 25.0 Å². The lowest BCUT2D eigenvalue weighted by molar-refractivity contribution is -0.137. The zero-order valence-electron chi connectivity index (χ0n) is 13.5. The first kappa shape index (κ1) is 17.1. The van der Waals surface area contributed by atoms with Crippen molar-refractivity contribution in [1.82, 2.24) is 10.3 Å². The highest BCUT2D eigenvalue weighted by molar-refractivity contribution is 5.90. The van der Waals surface area contributed by atoms with Crippen molar-refractivity contribution in [2.75, 3.05) is 6.54 Å². The summed E-state index contributed by atoms with van der Waals surface area (Å²) in [5.74, 6) is -0.716. The number of aliphatic carboxylic acids is 1. The summed E-state index contributed by atoms with van der Waals surface area (Å²) < 4.78 is 0. The lowest BCUT2D eigenvalue weighted by atomic mass is 10.1. The van der Waals surface area contributed by atoms with Crippen molar-refractivity contribution >= 4 is 22.8 Å². The van der Waals surface area contributed by atoms with Gasteiger partial charge in [-0.2, -0.15) is 0 Å². The maximum atomic E-state index is 12.0. The molecule has 1 amide bonds. The van der Waals surface area contributed by atoms with Crippen LogP contribution in [0.1, 0.15) is 43.2 Å². The van der Waals surface area contributed by atoms with Gasteiger partial charge in [0, 0.05) is 30.1 Å². The number of aryl methyl sites for hydroxylation is 1. The molecule has 0 bridgehead atoms. The summed E-state index contributed by atoms with van der Waals surface area (Å²) in [7, 11) is 0. The number of hydrogen-bond acceptors (Lipinski definition) is 2. The topological polar surface area (TPSA) is 82.2 Å². The highest BCUT2D eigenvalue weighted by Crippen LogP contribution is 2.22. The van der Waals surface area contributed by atoms with Gasteiger partial charge in [-0.15, -0.1) is 0 Å². The minimum atomic E-state index is -0.743. The largest absolute Gasteiger partial charge is 0.481 e. The van der Waals surface area contributed by atoms with Crippen molar-refractivity contribution in [1.29, 1.82) is 0 Å². The van der Waals surface area contributed by atoms with E-state index >= 15 is 0 Å². The lowest BCUT2D eigenvalue weighted by Crippen LogP contribution is -2.26. The molecule has 1 aromatic carbocycles. The molecular weight excluding hydrogens is 292 g/mol. The number of aromatic nitrogens is 1. The van der Waals surface area contributed by atoms with Crippen LogP contribution >= 0.6 is 0 Å². The third kappa shape index (κ3) is 5.13. The number of carboxylic acids is 1. The van der Waals surface area contributed by atoms with Crippen LogP contribution < -0.4 is 5.32 Å². The number of benzene rings is 1. The Hall–Kier alpha value is -2.30. The van der Waals surface area contributed by atoms with Crippen LogP contribution in [0.4, 0.5) is 0 Å².